The van der Waals surface area contributed by atoms with Gasteiger partial charge in [-0.25, -0.2) is 4.39 Å². The van der Waals surface area contributed by atoms with E-state index in [4.69, 9.17) is 17.3 Å². The number of guanidine groups is 1. The van der Waals surface area contributed by atoms with E-state index in [0.29, 0.717) is 30.8 Å². The Morgan fingerprint density at radius 1 is 1.48 bits per heavy atom. The van der Waals surface area contributed by atoms with Crippen molar-refractivity contribution in [1.29, 1.82) is 0 Å². The molecule has 0 aliphatic heterocycles. The number of nitrogens with two attached hydrogens (primary N) is 1. The van der Waals surface area contributed by atoms with Crippen LogP contribution in [0.25, 0.3) is 0 Å². The Morgan fingerprint density at radius 3 is 2.76 bits per heavy atom. The highest BCUT2D eigenvalue weighted by Crippen LogP contribution is 2.22. The molecule has 0 heterocycles. The molecule has 116 valence electrons. The number of benzene rings is 1. The minimum atomic E-state index is -0.430. The molecule has 6 heteroatoms. The third-order valence-corrected chi connectivity index (χ3v) is 3.61. The molecular weight excluding hydrogens is 291 g/mol. The van der Waals surface area contributed by atoms with Crippen LogP contribution in [0.2, 0.25) is 5.02 Å². The Labute approximate surface area is 130 Å². The fourth-order valence-electron chi connectivity index (χ4n) is 1.61. The van der Waals surface area contributed by atoms with Crippen LogP contribution in [-0.2, 0) is 0 Å². The largest absolute Gasteiger partial charge is 0.353 e. The molecule has 1 aromatic rings. The smallest absolute Gasteiger partial charge is 0.196 e. The molecule has 21 heavy (non-hydrogen) atoms. The minimum Gasteiger partial charge on any atom is -0.353 e. The lowest BCUT2D eigenvalue weighted by atomic mass is 9.94. The predicted octanol–water partition coefficient (Wildman–Crippen LogP) is 2.98. The first kappa shape index (κ1) is 16.0. The van der Waals surface area contributed by atoms with Gasteiger partial charge in [-0.15, -0.1) is 0 Å². The van der Waals surface area contributed by atoms with Crippen molar-refractivity contribution in [3.63, 3.8) is 0 Å². The van der Waals surface area contributed by atoms with E-state index >= 15 is 0 Å². The van der Waals surface area contributed by atoms with Crippen molar-refractivity contribution in [2.75, 3.05) is 18.4 Å². The van der Waals surface area contributed by atoms with E-state index in [1.54, 1.807) is 12.1 Å². The molecule has 0 spiro atoms. The van der Waals surface area contributed by atoms with Gasteiger partial charge in [0.15, 0.2) is 5.96 Å². The van der Waals surface area contributed by atoms with Crippen LogP contribution in [0.4, 0.5) is 10.1 Å². The molecule has 0 unspecified atom stereocenters. The van der Waals surface area contributed by atoms with Gasteiger partial charge in [-0.05, 0) is 43.0 Å². The number of nitrogens with zero attached hydrogens (tertiary/aromatic N) is 1. The summed E-state index contributed by atoms with van der Waals surface area (Å²) in [7, 11) is 0. The fourth-order valence-corrected chi connectivity index (χ4v) is 1.79. The number of rotatable bonds is 5. The van der Waals surface area contributed by atoms with Crippen LogP contribution < -0.4 is 16.4 Å². The summed E-state index contributed by atoms with van der Waals surface area (Å²) in [6.45, 7) is 5.32. The molecule has 4 nitrogen and oxygen atoms in total. The third-order valence-electron chi connectivity index (χ3n) is 3.32. The molecule has 1 saturated carbocycles. The van der Waals surface area contributed by atoms with Crippen LogP contribution in [0.1, 0.15) is 26.7 Å². The Kier molecular flexibility index (Phi) is 5.06. The zero-order valence-electron chi connectivity index (χ0n) is 12.4. The molecule has 0 saturated heterocycles. The number of halogens is 2. The second-order valence-electron chi connectivity index (χ2n) is 6.21. The van der Waals surface area contributed by atoms with Crippen molar-refractivity contribution in [3.8, 4) is 0 Å². The summed E-state index contributed by atoms with van der Waals surface area (Å²) < 4.78 is 13.2. The highest BCUT2D eigenvalue weighted by atomic mass is 35.5. The number of hydrogen-bond donors (Lipinski definition) is 3. The second-order valence-corrected chi connectivity index (χ2v) is 6.61. The maximum absolute atomic E-state index is 13.2. The lowest BCUT2D eigenvalue weighted by Crippen LogP contribution is -2.35. The minimum absolute atomic E-state index is 0.0569. The van der Waals surface area contributed by atoms with Gasteiger partial charge in [0.05, 0.1) is 5.02 Å². The molecule has 0 atom stereocenters. The lowest BCUT2D eigenvalue weighted by Gasteiger charge is -2.21. The van der Waals surface area contributed by atoms with E-state index in [1.165, 1.54) is 6.07 Å². The van der Waals surface area contributed by atoms with E-state index in [9.17, 15) is 4.39 Å². The van der Waals surface area contributed by atoms with Gasteiger partial charge in [-0.3, -0.25) is 4.99 Å². The standard InChI is InChI=1S/C15H22ClFN4/c1-15(2,8-18)9-19-14(20-10-3-4-10)21-11-5-6-13(17)12(16)7-11/h5-7,10H,3-4,8-9,18H2,1-2H3,(H2,19,20,21). The molecule has 0 amide bonds. The van der Waals surface area contributed by atoms with Crippen molar-refractivity contribution in [2.45, 2.75) is 32.7 Å². The summed E-state index contributed by atoms with van der Waals surface area (Å²) >= 11 is 5.80. The van der Waals surface area contributed by atoms with Crippen LogP contribution in [0.15, 0.2) is 23.2 Å². The van der Waals surface area contributed by atoms with Crippen molar-refractivity contribution >= 4 is 23.2 Å². The monoisotopic (exact) mass is 312 g/mol. The normalized spacial score (nSPS) is 16.0. The molecule has 1 fully saturated rings. The number of aliphatic imine (C=N–C) groups is 1. The zero-order valence-corrected chi connectivity index (χ0v) is 13.2. The lowest BCUT2D eigenvalue weighted by molar-refractivity contribution is 0.393. The van der Waals surface area contributed by atoms with Crippen molar-refractivity contribution in [3.05, 3.63) is 29.0 Å². The first-order valence-corrected chi connectivity index (χ1v) is 7.50. The van der Waals surface area contributed by atoms with E-state index < -0.39 is 5.82 Å². The maximum Gasteiger partial charge on any atom is 0.196 e. The molecule has 1 aliphatic carbocycles. The third kappa shape index (κ3) is 5.17. The molecular formula is C15H22ClFN4. The molecule has 0 bridgehead atoms. The van der Waals surface area contributed by atoms with Crippen LogP contribution in [0, 0.1) is 11.2 Å². The quantitative estimate of drug-likeness (QED) is 0.578. The summed E-state index contributed by atoms with van der Waals surface area (Å²) in [5.74, 6) is 0.252. The maximum atomic E-state index is 13.2. The summed E-state index contributed by atoms with van der Waals surface area (Å²) in [6.07, 6.45) is 2.29. The van der Waals surface area contributed by atoms with Crippen LogP contribution in [0.3, 0.4) is 0 Å². The molecule has 0 radical (unpaired) electrons. The first-order chi connectivity index (χ1) is 9.89. The van der Waals surface area contributed by atoms with Crippen molar-refractivity contribution < 1.29 is 4.39 Å². The van der Waals surface area contributed by atoms with Gasteiger partial charge >= 0.3 is 0 Å². The summed E-state index contributed by atoms with van der Waals surface area (Å²) in [4.78, 5) is 4.57. The van der Waals surface area contributed by atoms with Gasteiger partial charge in [-0.1, -0.05) is 25.4 Å². The van der Waals surface area contributed by atoms with Gasteiger partial charge in [0.2, 0.25) is 0 Å². The van der Waals surface area contributed by atoms with Gasteiger partial charge in [0, 0.05) is 18.3 Å². The second kappa shape index (κ2) is 6.62. The van der Waals surface area contributed by atoms with Gasteiger partial charge in [0.25, 0.3) is 0 Å². The summed E-state index contributed by atoms with van der Waals surface area (Å²) in [6, 6.07) is 4.99. The number of nitrogens with one attached hydrogen (secondary N) is 2. The van der Waals surface area contributed by atoms with Crippen LogP contribution in [-0.4, -0.2) is 25.1 Å². The zero-order chi connectivity index (χ0) is 15.5. The number of hydrogen-bond acceptors (Lipinski definition) is 2. The van der Waals surface area contributed by atoms with Crippen molar-refractivity contribution in [2.24, 2.45) is 16.1 Å². The van der Waals surface area contributed by atoms with Gasteiger partial charge in [-0.2, -0.15) is 0 Å². The van der Waals surface area contributed by atoms with Crippen molar-refractivity contribution in [1.82, 2.24) is 5.32 Å². The topological polar surface area (TPSA) is 62.4 Å². The molecule has 1 aliphatic rings. The Hall–Kier alpha value is -1.33. The molecule has 4 N–H and O–H groups in total. The van der Waals surface area contributed by atoms with Crippen LogP contribution >= 0.6 is 11.6 Å². The average Bonchev–Trinajstić information content (AvgIpc) is 3.24. The fraction of sp³-hybridized carbons (Fsp3) is 0.533. The first-order valence-electron chi connectivity index (χ1n) is 7.13. The summed E-state index contributed by atoms with van der Waals surface area (Å²) in [5.41, 5.74) is 6.38. The highest BCUT2D eigenvalue weighted by molar-refractivity contribution is 6.31. The van der Waals surface area contributed by atoms with Crippen LogP contribution in [0.5, 0.6) is 0 Å². The number of anilines is 1. The Morgan fingerprint density at radius 2 is 2.19 bits per heavy atom. The highest BCUT2D eigenvalue weighted by Gasteiger charge is 2.23. The molecule has 2 rings (SSSR count). The predicted molar refractivity (Wildman–Crippen MR) is 86.3 cm³/mol. The molecule has 1 aromatic carbocycles. The van der Waals surface area contributed by atoms with E-state index in [2.05, 4.69) is 29.5 Å². The molecule has 0 aromatic heterocycles. The van der Waals surface area contributed by atoms with E-state index in [-0.39, 0.29) is 10.4 Å². The van der Waals surface area contributed by atoms with Gasteiger partial charge < -0.3 is 16.4 Å². The Balaban J connectivity index is 2.07. The Bertz CT molecular complexity index is 526. The van der Waals surface area contributed by atoms with E-state index in [1.807, 2.05) is 0 Å². The van der Waals surface area contributed by atoms with E-state index in [0.717, 1.165) is 12.8 Å². The SMILES string of the molecule is CC(C)(CN)CN=C(Nc1ccc(F)c(Cl)c1)NC1CC1. The average molecular weight is 313 g/mol. The van der Waals surface area contributed by atoms with Gasteiger partial charge in [0.1, 0.15) is 5.82 Å². The summed E-state index contributed by atoms with van der Waals surface area (Å²) in [5, 5.41) is 6.58.